The third-order valence-corrected chi connectivity index (χ3v) is 4.71. The third-order valence-electron chi connectivity index (χ3n) is 4.42. The summed E-state index contributed by atoms with van der Waals surface area (Å²) < 4.78 is 5.46. The van der Waals surface area contributed by atoms with Gasteiger partial charge in [-0.1, -0.05) is 11.6 Å². The van der Waals surface area contributed by atoms with E-state index in [1.54, 1.807) is 11.1 Å². The van der Waals surface area contributed by atoms with Crippen molar-refractivity contribution >= 4 is 23.4 Å². The van der Waals surface area contributed by atoms with Gasteiger partial charge in [-0.15, -0.1) is 0 Å². The highest BCUT2D eigenvalue weighted by Gasteiger charge is 2.44. The Morgan fingerprint density at radius 2 is 2.05 bits per heavy atom. The molecule has 1 spiro atoms. The van der Waals surface area contributed by atoms with Gasteiger partial charge in [0.05, 0.1) is 16.9 Å². The van der Waals surface area contributed by atoms with Crippen molar-refractivity contribution in [2.75, 3.05) is 25.0 Å². The van der Waals surface area contributed by atoms with Crippen molar-refractivity contribution < 1.29 is 9.53 Å². The van der Waals surface area contributed by atoms with Crippen LogP contribution in [0.25, 0.3) is 0 Å². The lowest BCUT2D eigenvalue weighted by molar-refractivity contribution is 0.0172. The summed E-state index contributed by atoms with van der Waals surface area (Å²) in [5, 5.41) is 4.12. The Labute approximate surface area is 136 Å². The Hall–Kier alpha value is -1.49. The lowest BCUT2D eigenvalue weighted by Gasteiger charge is -2.39. The molecule has 1 N–H and O–H groups in total. The van der Waals surface area contributed by atoms with E-state index in [1.165, 1.54) is 0 Å². The Morgan fingerprint density at radius 3 is 2.68 bits per heavy atom. The molecule has 0 saturated carbocycles. The van der Waals surface area contributed by atoms with Crippen LogP contribution in [-0.2, 0) is 10.2 Å². The molecular formula is C16H22ClN3O2. The first-order valence-corrected chi connectivity index (χ1v) is 8.04. The summed E-state index contributed by atoms with van der Waals surface area (Å²) in [5.74, 6) is 0. The molecule has 6 heteroatoms. The number of nitrogens with one attached hydrogen (secondary N) is 1. The average Bonchev–Trinajstić information content (AvgIpc) is 2.78. The number of halogens is 1. The second kappa shape index (κ2) is 5.30. The van der Waals surface area contributed by atoms with Crippen LogP contribution < -0.4 is 5.32 Å². The van der Waals surface area contributed by atoms with Crippen molar-refractivity contribution in [3.05, 3.63) is 23.0 Å². The molecule has 2 aliphatic rings. The van der Waals surface area contributed by atoms with Crippen molar-refractivity contribution in [3.63, 3.8) is 0 Å². The van der Waals surface area contributed by atoms with Crippen LogP contribution in [0.5, 0.6) is 0 Å². The lowest BCUT2D eigenvalue weighted by atomic mass is 9.74. The summed E-state index contributed by atoms with van der Waals surface area (Å²) in [6, 6.07) is 0. The number of nitrogens with zero attached hydrogens (tertiary/aromatic N) is 2. The molecule has 2 aliphatic heterocycles. The molecule has 0 bridgehead atoms. The van der Waals surface area contributed by atoms with E-state index in [0.29, 0.717) is 18.1 Å². The van der Waals surface area contributed by atoms with E-state index in [1.807, 2.05) is 27.0 Å². The molecule has 0 unspecified atom stereocenters. The number of hydrogen-bond donors (Lipinski definition) is 1. The van der Waals surface area contributed by atoms with Gasteiger partial charge in [0.2, 0.25) is 0 Å². The van der Waals surface area contributed by atoms with Crippen molar-refractivity contribution in [1.29, 1.82) is 0 Å². The van der Waals surface area contributed by atoms with E-state index in [4.69, 9.17) is 16.3 Å². The molecule has 0 atom stereocenters. The summed E-state index contributed by atoms with van der Waals surface area (Å²) in [4.78, 5) is 18.1. The minimum atomic E-state index is -0.456. The number of likely N-dealkylation sites (tertiary alicyclic amines) is 1. The predicted octanol–water partition coefficient (Wildman–Crippen LogP) is 3.43. The number of ether oxygens (including phenoxy) is 1. The van der Waals surface area contributed by atoms with Gasteiger partial charge in [-0.3, -0.25) is 4.98 Å². The van der Waals surface area contributed by atoms with Gasteiger partial charge in [-0.25, -0.2) is 4.79 Å². The Kier molecular flexibility index (Phi) is 3.71. The van der Waals surface area contributed by atoms with E-state index < -0.39 is 5.60 Å². The molecule has 0 radical (unpaired) electrons. The van der Waals surface area contributed by atoms with Gasteiger partial charge in [0.1, 0.15) is 5.60 Å². The maximum Gasteiger partial charge on any atom is 0.410 e. The van der Waals surface area contributed by atoms with Gasteiger partial charge in [-0.05, 0) is 33.6 Å². The number of anilines is 1. The topological polar surface area (TPSA) is 54.5 Å². The number of carbonyl (C=O) groups excluding carboxylic acids is 1. The number of carbonyl (C=O) groups is 1. The zero-order valence-corrected chi connectivity index (χ0v) is 14.0. The molecule has 5 nitrogen and oxygen atoms in total. The average molecular weight is 324 g/mol. The van der Waals surface area contributed by atoms with Gasteiger partial charge in [0.15, 0.2) is 0 Å². The number of pyridine rings is 1. The summed E-state index contributed by atoms with van der Waals surface area (Å²) >= 11 is 6.37. The molecule has 1 saturated heterocycles. The van der Waals surface area contributed by atoms with Crippen molar-refractivity contribution in [2.24, 2.45) is 0 Å². The number of rotatable bonds is 0. The number of amides is 1. The van der Waals surface area contributed by atoms with E-state index in [2.05, 4.69) is 10.3 Å². The number of piperidine rings is 1. The highest BCUT2D eigenvalue weighted by atomic mass is 35.5. The van der Waals surface area contributed by atoms with E-state index in [-0.39, 0.29) is 11.5 Å². The summed E-state index contributed by atoms with van der Waals surface area (Å²) in [5.41, 5.74) is 1.74. The van der Waals surface area contributed by atoms with Gasteiger partial charge in [0.25, 0.3) is 0 Å². The van der Waals surface area contributed by atoms with Crippen LogP contribution in [0.2, 0.25) is 5.02 Å². The maximum absolute atomic E-state index is 12.2. The monoisotopic (exact) mass is 323 g/mol. The molecule has 0 aliphatic carbocycles. The fourth-order valence-corrected chi connectivity index (χ4v) is 3.69. The normalized spacial score (nSPS) is 19.7. The zero-order valence-electron chi connectivity index (χ0n) is 13.3. The molecule has 1 amide bonds. The molecule has 22 heavy (non-hydrogen) atoms. The second-order valence-corrected chi connectivity index (χ2v) is 7.55. The Bertz CT molecular complexity index is 590. The molecule has 120 valence electrons. The van der Waals surface area contributed by atoms with Crippen LogP contribution in [0, 0.1) is 0 Å². The highest BCUT2D eigenvalue weighted by molar-refractivity contribution is 6.31. The quantitative estimate of drug-likeness (QED) is 0.794. The third kappa shape index (κ3) is 2.74. The van der Waals surface area contributed by atoms with Crippen LogP contribution >= 0.6 is 11.6 Å². The fourth-order valence-electron chi connectivity index (χ4n) is 3.33. The lowest BCUT2D eigenvalue weighted by Crippen LogP contribution is -2.47. The maximum atomic E-state index is 12.2. The van der Waals surface area contributed by atoms with Gasteiger partial charge < -0.3 is 15.0 Å². The van der Waals surface area contributed by atoms with Gasteiger partial charge in [-0.2, -0.15) is 0 Å². The first-order valence-electron chi connectivity index (χ1n) is 7.67. The minimum absolute atomic E-state index is 0.00781. The molecule has 3 rings (SSSR count). The molecular weight excluding hydrogens is 302 g/mol. The smallest absolute Gasteiger partial charge is 0.410 e. The summed E-state index contributed by atoms with van der Waals surface area (Å²) in [7, 11) is 0. The Balaban J connectivity index is 1.72. The fraction of sp³-hybridized carbons (Fsp3) is 0.625. The first-order chi connectivity index (χ1) is 10.3. The van der Waals surface area contributed by atoms with Crippen molar-refractivity contribution in [3.8, 4) is 0 Å². The second-order valence-electron chi connectivity index (χ2n) is 7.15. The van der Waals surface area contributed by atoms with Crippen molar-refractivity contribution in [2.45, 2.75) is 44.6 Å². The van der Waals surface area contributed by atoms with Crippen LogP contribution in [-0.4, -0.2) is 41.2 Å². The van der Waals surface area contributed by atoms with Crippen LogP contribution in [0.3, 0.4) is 0 Å². The van der Waals surface area contributed by atoms with Gasteiger partial charge in [0, 0.05) is 36.8 Å². The van der Waals surface area contributed by atoms with Crippen LogP contribution in [0.1, 0.15) is 39.2 Å². The summed E-state index contributed by atoms with van der Waals surface area (Å²) in [6.45, 7) is 7.90. The molecule has 1 aromatic rings. The van der Waals surface area contributed by atoms with Crippen LogP contribution in [0.4, 0.5) is 10.5 Å². The first kappa shape index (κ1) is 15.4. The molecule has 3 heterocycles. The number of hydrogen-bond acceptors (Lipinski definition) is 4. The van der Waals surface area contributed by atoms with E-state index >= 15 is 0 Å². The predicted molar refractivity (Wildman–Crippen MR) is 86.5 cm³/mol. The Morgan fingerprint density at radius 1 is 1.36 bits per heavy atom. The molecule has 1 fully saturated rings. The van der Waals surface area contributed by atoms with E-state index in [9.17, 15) is 4.79 Å². The van der Waals surface area contributed by atoms with Crippen molar-refractivity contribution in [1.82, 2.24) is 9.88 Å². The molecule has 1 aromatic heterocycles. The zero-order chi connectivity index (χ0) is 16.0. The van der Waals surface area contributed by atoms with Crippen LogP contribution in [0.15, 0.2) is 12.4 Å². The highest BCUT2D eigenvalue weighted by Crippen LogP contribution is 2.46. The van der Waals surface area contributed by atoms with Gasteiger partial charge >= 0.3 is 6.09 Å². The SMILES string of the molecule is CC(C)(C)OC(=O)N1CCC2(CC1)CNc1cncc(Cl)c12. The standard InChI is InChI=1S/C16H22ClN3O2/c1-15(2,3)22-14(21)20-6-4-16(5-7-20)10-19-12-9-18-8-11(17)13(12)16/h8-9,19H,4-7,10H2,1-3H3. The summed E-state index contributed by atoms with van der Waals surface area (Å²) in [6.07, 6.45) is 5.08. The van der Waals surface area contributed by atoms with E-state index in [0.717, 1.165) is 30.6 Å². The largest absolute Gasteiger partial charge is 0.444 e. The number of fused-ring (bicyclic) bond motifs is 2. The number of aromatic nitrogens is 1. The minimum Gasteiger partial charge on any atom is -0.444 e. The molecule has 0 aromatic carbocycles.